The van der Waals surface area contributed by atoms with E-state index >= 15 is 0 Å². The minimum absolute atomic E-state index is 0.00308. The number of alkyl halides is 3. The van der Waals surface area contributed by atoms with Crippen molar-refractivity contribution >= 4 is 23.7 Å². The van der Waals surface area contributed by atoms with E-state index in [4.69, 9.17) is 4.74 Å². The Balaban J connectivity index is 1.85. The highest BCUT2D eigenvalue weighted by Gasteiger charge is 2.45. The van der Waals surface area contributed by atoms with Gasteiger partial charge in [0.1, 0.15) is 12.6 Å². The van der Waals surface area contributed by atoms with Gasteiger partial charge in [-0.3, -0.25) is 19.3 Å². The zero-order valence-corrected chi connectivity index (χ0v) is 24.5. The first-order valence-corrected chi connectivity index (χ1v) is 13.9. The highest BCUT2D eigenvalue weighted by molar-refractivity contribution is 5.95. The molecule has 11 heteroatoms. The van der Waals surface area contributed by atoms with E-state index in [1.807, 2.05) is 42.5 Å². The molecule has 228 valence electrons. The third-order valence-electron chi connectivity index (χ3n) is 7.41. The number of hydrogen-bond donors (Lipinski definition) is 1. The first-order valence-electron chi connectivity index (χ1n) is 13.9. The maximum absolute atomic E-state index is 14.1. The Hall–Kier alpha value is -3.89. The largest absolute Gasteiger partial charge is 0.452 e. The van der Waals surface area contributed by atoms with Crippen LogP contribution in [-0.2, 0) is 38.6 Å². The molecule has 0 heterocycles. The summed E-state index contributed by atoms with van der Waals surface area (Å²) < 4.78 is 45.1. The van der Waals surface area contributed by atoms with E-state index in [-0.39, 0.29) is 6.61 Å². The van der Waals surface area contributed by atoms with Crippen molar-refractivity contribution in [3.8, 4) is 0 Å². The van der Waals surface area contributed by atoms with Gasteiger partial charge in [0.05, 0.1) is 12.6 Å². The third kappa shape index (κ3) is 8.10. The Morgan fingerprint density at radius 2 is 1.45 bits per heavy atom. The van der Waals surface area contributed by atoms with Gasteiger partial charge in [-0.15, -0.1) is 0 Å². The molecule has 2 atom stereocenters. The van der Waals surface area contributed by atoms with Crippen molar-refractivity contribution in [1.82, 2.24) is 15.1 Å². The molecule has 1 aliphatic carbocycles. The van der Waals surface area contributed by atoms with E-state index in [1.165, 1.54) is 30.7 Å². The molecule has 3 amide bonds. The lowest BCUT2D eigenvalue weighted by Crippen LogP contribution is -2.58. The normalized spacial score (nSPS) is 14.7. The van der Waals surface area contributed by atoms with E-state index in [0.29, 0.717) is 12.8 Å². The Bertz CT molecular complexity index is 1240. The number of halogens is 3. The molecule has 3 rings (SSSR count). The van der Waals surface area contributed by atoms with Crippen LogP contribution < -0.4 is 5.32 Å². The third-order valence-corrected chi connectivity index (χ3v) is 7.41. The van der Waals surface area contributed by atoms with Crippen molar-refractivity contribution < 1.29 is 37.1 Å². The van der Waals surface area contributed by atoms with Crippen LogP contribution in [0.15, 0.2) is 54.6 Å². The van der Waals surface area contributed by atoms with Gasteiger partial charge in [-0.1, -0.05) is 82.3 Å². The summed E-state index contributed by atoms with van der Waals surface area (Å²) in [7, 11) is 1.44. The predicted molar refractivity (Wildman–Crippen MR) is 150 cm³/mol. The number of hydrogen-bond acceptors (Lipinski definition) is 5. The molecule has 0 spiro atoms. The monoisotopic (exact) mass is 589 g/mol. The van der Waals surface area contributed by atoms with Gasteiger partial charge >= 0.3 is 12.3 Å². The second kappa shape index (κ2) is 13.8. The van der Waals surface area contributed by atoms with E-state index in [9.17, 15) is 32.3 Å². The lowest BCUT2D eigenvalue weighted by Gasteiger charge is -2.37. The number of Topliss-reactive ketones (excluding diaryl/α,β-unsaturated/α-hetero) is 1. The fourth-order valence-electron chi connectivity index (χ4n) is 5.23. The molecule has 42 heavy (non-hydrogen) atoms. The van der Waals surface area contributed by atoms with E-state index in [2.05, 4.69) is 5.32 Å². The van der Waals surface area contributed by atoms with Crippen LogP contribution in [0.2, 0.25) is 0 Å². The van der Waals surface area contributed by atoms with Crippen LogP contribution in [0.3, 0.4) is 0 Å². The van der Waals surface area contributed by atoms with Gasteiger partial charge in [-0.2, -0.15) is 13.2 Å². The second-order valence-electron chi connectivity index (χ2n) is 11.3. The number of benzene rings is 2. The van der Waals surface area contributed by atoms with Crippen LogP contribution >= 0.6 is 0 Å². The fourth-order valence-corrected chi connectivity index (χ4v) is 5.23. The van der Waals surface area contributed by atoms with Gasteiger partial charge in [-0.05, 0) is 41.4 Å². The summed E-state index contributed by atoms with van der Waals surface area (Å²) in [6.07, 6.45) is -5.01. The van der Waals surface area contributed by atoms with Crippen molar-refractivity contribution in [3.05, 3.63) is 71.3 Å². The summed E-state index contributed by atoms with van der Waals surface area (Å²) in [5, 5.41) is 2.20. The van der Waals surface area contributed by atoms with Crippen molar-refractivity contribution in [2.45, 2.75) is 71.4 Å². The average Bonchev–Trinajstić information content (AvgIpc) is 3.36. The van der Waals surface area contributed by atoms with Crippen LogP contribution in [0.4, 0.5) is 18.0 Å². The molecule has 8 nitrogen and oxygen atoms in total. The number of fused-ring (bicyclic) bond motifs is 1. The molecular weight excluding hydrogens is 551 g/mol. The van der Waals surface area contributed by atoms with Gasteiger partial charge in [0, 0.05) is 13.1 Å². The summed E-state index contributed by atoms with van der Waals surface area (Å²) in [4.78, 5) is 54.8. The predicted octanol–water partition coefficient (Wildman–Crippen LogP) is 4.55. The average molecular weight is 590 g/mol. The molecule has 0 radical (unpaired) electrons. The zero-order chi connectivity index (χ0) is 31.2. The summed E-state index contributed by atoms with van der Waals surface area (Å²) in [5.74, 6) is -4.72. The molecule has 0 aliphatic heterocycles. The Morgan fingerprint density at radius 3 is 1.95 bits per heavy atom. The van der Waals surface area contributed by atoms with Crippen molar-refractivity contribution in [3.63, 3.8) is 0 Å². The summed E-state index contributed by atoms with van der Waals surface area (Å²) >= 11 is 0. The molecule has 0 bridgehead atoms. The van der Waals surface area contributed by atoms with Gasteiger partial charge in [0.25, 0.3) is 5.78 Å². The van der Waals surface area contributed by atoms with E-state index in [0.717, 1.165) is 16.7 Å². The van der Waals surface area contributed by atoms with Crippen LogP contribution in [0.1, 0.15) is 44.4 Å². The molecular formula is C31H38F3N3O5. The summed E-state index contributed by atoms with van der Waals surface area (Å²) in [6.45, 7) is 5.72. The molecule has 1 N–H and O–H groups in total. The number of carbonyl (C=O) groups is 4. The number of amides is 3. The van der Waals surface area contributed by atoms with Crippen LogP contribution in [0, 0.1) is 11.8 Å². The highest BCUT2D eigenvalue weighted by atomic mass is 19.4. The second-order valence-corrected chi connectivity index (χ2v) is 11.3. The zero-order valence-electron chi connectivity index (χ0n) is 24.5. The Morgan fingerprint density at radius 1 is 0.905 bits per heavy atom. The lowest BCUT2D eigenvalue weighted by atomic mass is 9.98. The molecule has 2 aromatic carbocycles. The van der Waals surface area contributed by atoms with Crippen molar-refractivity contribution in [1.29, 1.82) is 0 Å². The van der Waals surface area contributed by atoms with Gasteiger partial charge in [0.15, 0.2) is 0 Å². The minimum Gasteiger partial charge on any atom is -0.445 e. The summed E-state index contributed by atoms with van der Waals surface area (Å²) in [5.41, 5.74) is 2.75. The Kier molecular flexibility index (Phi) is 10.8. The molecule has 0 saturated heterocycles. The Labute approximate surface area is 244 Å². The summed E-state index contributed by atoms with van der Waals surface area (Å²) in [6, 6.07) is 13.3. The molecule has 1 aliphatic rings. The SMILES string of the molecule is CC(C)C(NC(=O)CN(C(=O)C(C(C)C)N(C)C(=O)OCc1ccccc1)C1Cc2ccccc2C1)C(=O)C(F)(F)F. The standard InChI is InChI=1S/C31H38F3N3O5/c1-19(2)26(28(39)31(32,33)34)35-25(38)17-37(24-15-22-13-9-10-14-23(22)16-24)29(40)27(20(3)4)36(5)30(41)42-18-21-11-7-6-8-12-21/h6-14,19-20,24,26-27H,15-18H2,1-5H3,(H,35,38). The number of nitrogens with zero attached hydrogens (tertiary/aromatic N) is 2. The van der Waals surface area contributed by atoms with Crippen LogP contribution in [0.25, 0.3) is 0 Å². The number of carbonyl (C=O) groups excluding carboxylic acids is 4. The first-order chi connectivity index (χ1) is 19.7. The molecule has 0 fully saturated rings. The molecule has 0 aromatic heterocycles. The van der Waals surface area contributed by atoms with E-state index < -0.39 is 66.4 Å². The van der Waals surface area contributed by atoms with Crippen LogP contribution in [0.5, 0.6) is 0 Å². The number of likely N-dealkylation sites (N-methyl/N-ethyl adjacent to an activating group) is 1. The minimum atomic E-state index is -5.13. The van der Waals surface area contributed by atoms with Gasteiger partial charge in [-0.25, -0.2) is 4.79 Å². The van der Waals surface area contributed by atoms with Crippen molar-refractivity contribution in [2.24, 2.45) is 11.8 Å². The highest BCUT2D eigenvalue weighted by Crippen LogP contribution is 2.28. The maximum Gasteiger partial charge on any atom is 0.452 e. The smallest absolute Gasteiger partial charge is 0.445 e. The maximum atomic E-state index is 14.1. The lowest BCUT2D eigenvalue weighted by molar-refractivity contribution is -0.175. The van der Waals surface area contributed by atoms with Crippen molar-refractivity contribution in [2.75, 3.05) is 13.6 Å². The molecule has 0 saturated carbocycles. The fraction of sp³-hybridized carbons (Fsp3) is 0.484. The van der Waals surface area contributed by atoms with E-state index in [1.54, 1.807) is 26.0 Å². The number of ketones is 1. The van der Waals surface area contributed by atoms with Gasteiger partial charge < -0.3 is 15.0 Å². The number of nitrogens with one attached hydrogen (secondary N) is 1. The number of ether oxygens (including phenoxy) is 1. The first kappa shape index (κ1) is 32.6. The van der Waals surface area contributed by atoms with Crippen LogP contribution in [-0.4, -0.2) is 71.4 Å². The van der Waals surface area contributed by atoms with Gasteiger partial charge in [0.2, 0.25) is 11.8 Å². The topological polar surface area (TPSA) is 96.0 Å². The quantitative estimate of drug-likeness (QED) is 0.415. The molecule has 2 unspecified atom stereocenters. The number of rotatable bonds is 11. The molecule has 2 aromatic rings.